The van der Waals surface area contributed by atoms with Crippen LogP contribution >= 0.6 is 11.8 Å². The van der Waals surface area contributed by atoms with Crippen molar-refractivity contribution in [3.63, 3.8) is 0 Å². The lowest BCUT2D eigenvalue weighted by atomic mass is 10.1. The van der Waals surface area contributed by atoms with Crippen molar-refractivity contribution in [2.75, 3.05) is 27.0 Å². The third-order valence-electron chi connectivity index (χ3n) is 3.07. The summed E-state index contributed by atoms with van der Waals surface area (Å²) >= 11 is 1.41. The molecule has 0 N–H and O–H groups in total. The van der Waals surface area contributed by atoms with E-state index in [4.69, 9.17) is 0 Å². The molecule has 0 fully saturated rings. The summed E-state index contributed by atoms with van der Waals surface area (Å²) in [6, 6.07) is 0. The maximum absolute atomic E-state index is 12.6. The van der Waals surface area contributed by atoms with Gasteiger partial charge in [-0.15, -0.1) is 11.8 Å². The molecular weight excluding hydrogens is 290 g/mol. The Balaban J connectivity index is 3.00. The Kier molecular flexibility index (Phi) is 6.14. The number of ether oxygens (including phenoxy) is 1. The summed E-state index contributed by atoms with van der Waals surface area (Å²) in [5.74, 6) is -0.267. The van der Waals surface area contributed by atoms with Crippen molar-refractivity contribution in [2.45, 2.75) is 25.8 Å². The monoisotopic (exact) mass is 311 g/mol. The molecule has 1 unspecified atom stereocenters. The fourth-order valence-electron chi connectivity index (χ4n) is 2.04. The van der Waals surface area contributed by atoms with Crippen LogP contribution in [0, 0.1) is 19.8 Å². The Morgan fingerprint density at radius 1 is 1.33 bits per heavy atom. The minimum atomic E-state index is -0.381. The van der Waals surface area contributed by atoms with Gasteiger partial charge in [0.2, 0.25) is 0 Å². The van der Waals surface area contributed by atoms with Gasteiger partial charge in [-0.2, -0.15) is 0 Å². The molecular formula is C14H21N3O3S. The molecule has 0 spiro atoms. The second kappa shape index (κ2) is 7.40. The standard InChI is InChI=1S/C14H21N3O3S/c1-8(14(19)20-5)7-17(4)13(18)11-9(2)15-10(3)16-12(11)21-6/h8H,7H2,1-6H3. The van der Waals surface area contributed by atoms with Gasteiger partial charge in [0.15, 0.2) is 0 Å². The molecule has 1 heterocycles. The Hall–Kier alpha value is -1.63. The van der Waals surface area contributed by atoms with Gasteiger partial charge in [-0.25, -0.2) is 9.97 Å². The zero-order valence-corrected chi connectivity index (χ0v) is 14.1. The average molecular weight is 311 g/mol. The van der Waals surface area contributed by atoms with E-state index < -0.39 is 0 Å². The lowest BCUT2D eigenvalue weighted by molar-refractivity contribution is -0.145. The summed E-state index contributed by atoms with van der Waals surface area (Å²) in [4.78, 5) is 34.1. The first-order valence-electron chi connectivity index (χ1n) is 6.54. The van der Waals surface area contributed by atoms with Crippen LogP contribution in [0.25, 0.3) is 0 Å². The topological polar surface area (TPSA) is 72.4 Å². The molecule has 116 valence electrons. The fourth-order valence-corrected chi connectivity index (χ4v) is 2.70. The number of methoxy groups -OCH3 is 1. The SMILES string of the molecule is COC(=O)C(C)CN(C)C(=O)c1c(C)nc(C)nc1SC. The summed E-state index contributed by atoms with van der Waals surface area (Å²) in [5.41, 5.74) is 1.14. The highest BCUT2D eigenvalue weighted by molar-refractivity contribution is 7.98. The molecule has 21 heavy (non-hydrogen) atoms. The predicted molar refractivity (Wildman–Crippen MR) is 81.4 cm³/mol. The summed E-state index contributed by atoms with van der Waals surface area (Å²) in [5, 5.41) is 0.655. The lowest BCUT2D eigenvalue weighted by Gasteiger charge is -2.22. The second-order valence-electron chi connectivity index (χ2n) is 4.85. The van der Waals surface area contributed by atoms with Gasteiger partial charge in [-0.1, -0.05) is 6.92 Å². The van der Waals surface area contributed by atoms with Crippen molar-refractivity contribution in [2.24, 2.45) is 5.92 Å². The Morgan fingerprint density at radius 3 is 2.48 bits per heavy atom. The summed E-state index contributed by atoms with van der Waals surface area (Å²) in [6.07, 6.45) is 1.87. The van der Waals surface area contributed by atoms with Crippen molar-refractivity contribution in [3.8, 4) is 0 Å². The molecule has 7 heteroatoms. The number of nitrogens with zero attached hydrogens (tertiary/aromatic N) is 3. The molecule has 1 rings (SSSR count). The quantitative estimate of drug-likeness (QED) is 0.468. The van der Waals surface area contributed by atoms with Crippen LogP contribution in [0.3, 0.4) is 0 Å². The van der Waals surface area contributed by atoms with Gasteiger partial charge in [0.1, 0.15) is 10.9 Å². The van der Waals surface area contributed by atoms with Crippen molar-refractivity contribution < 1.29 is 14.3 Å². The molecule has 1 aromatic rings. The third-order valence-corrected chi connectivity index (χ3v) is 3.76. The molecule has 0 aliphatic heterocycles. The predicted octanol–water partition coefficient (Wildman–Crippen LogP) is 1.70. The molecule has 0 bridgehead atoms. The van der Waals surface area contributed by atoms with Gasteiger partial charge in [0.25, 0.3) is 5.91 Å². The van der Waals surface area contributed by atoms with Crippen molar-refractivity contribution in [1.29, 1.82) is 0 Å². The molecule has 0 aliphatic carbocycles. The fraction of sp³-hybridized carbons (Fsp3) is 0.571. The van der Waals surface area contributed by atoms with E-state index in [1.54, 1.807) is 27.8 Å². The van der Waals surface area contributed by atoms with Crippen LogP contribution in [0.2, 0.25) is 0 Å². The van der Waals surface area contributed by atoms with Crippen LogP contribution in [0.15, 0.2) is 5.03 Å². The van der Waals surface area contributed by atoms with Crippen LogP contribution < -0.4 is 0 Å². The smallest absolute Gasteiger partial charge is 0.310 e. The summed E-state index contributed by atoms with van der Waals surface area (Å²) in [7, 11) is 3.00. The Bertz CT molecular complexity index is 549. The summed E-state index contributed by atoms with van der Waals surface area (Å²) < 4.78 is 4.68. The first kappa shape index (κ1) is 17.4. The minimum absolute atomic E-state index is 0.187. The maximum atomic E-state index is 12.6. The first-order valence-corrected chi connectivity index (χ1v) is 7.76. The second-order valence-corrected chi connectivity index (χ2v) is 5.65. The first-order chi connectivity index (χ1) is 9.81. The van der Waals surface area contributed by atoms with Crippen LogP contribution in [0.1, 0.15) is 28.8 Å². The number of hydrogen-bond acceptors (Lipinski definition) is 6. The highest BCUT2D eigenvalue weighted by Crippen LogP contribution is 2.22. The molecule has 1 atom stereocenters. The van der Waals surface area contributed by atoms with E-state index >= 15 is 0 Å². The van der Waals surface area contributed by atoms with Gasteiger partial charge in [-0.05, 0) is 20.1 Å². The molecule has 0 aliphatic rings. The number of carbonyl (C=O) groups excluding carboxylic acids is 2. The number of hydrogen-bond donors (Lipinski definition) is 0. The van der Waals surface area contributed by atoms with E-state index in [1.807, 2.05) is 6.26 Å². The Labute approximate surface area is 129 Å². The zero-order valence-electron chi connectivity index (χ0n) is 13.3. The van der Waals surface area contributed by atoms with Crippen molar-refractivity contribution in [3.05, 3.63) is 17.1 Å². The van der Waals surface area contributed by atoms with E-state index in [0.29, 0.717) is 22.1 Å². The highest BCUT2D eigenvalue weighted by atomic mass is 32.2. The number of carbonyl (C=O) groups is 2. The van der Waals surface area contributed by atoms with E-state index in [9.17, 15) is 9.59 Å². The van der Waals surface area contributed by atoms with Crippen molar-refractivity contribution in [1.82, 2.24) is 14.9 Å². The lowest BCUT2D eigenvalue weighted by Crippen LogP contribution is -2.35. The average Bonchev–Trinajstić information content (AvgIpc) is 2.44. The number of amides is 1. The Morgan fingerprint density at radius 2 is 1.95 bits per heavy atom. The summed E-state index contributed by atoms with van der Waals surface area (Å²) in [6.45, 7) is 5.60. The molecule has 1 aromatic heterocycles. The number of esters is 1. The maximum Gasteiger partial charge on any atom is 0.310 e. The van der Waals surface area contributed by atoms with Gasteiger partial charge in [0.05, 0.1) is 24.3 Å². The zero-order chi connectivity index (χ0) is 16.2. The van der Waals surface area contributed by atoms with E-state index in [-0.39, 0.29) is 24.3 Å². The molecule has 1 amide bonds. The number of rotatable bonds is 5. The number of aromatic nitrogens is 2. The van der Waals surface area contributed by atoms with Crippen LogP contribution in [0.4, 0.5) is 0 Å². The molecule has 6 nitrogen and oxygen atoms in total. The van der Waals surface area contributed by atoms with E-state index in [1.165, 1.54) is 23.8 Å². The third kappa shape index (κ3) is 4.17. The van der Waals surface area contributed by atoms with Crippen molar-refractivity contribution >= 4 is 23.6 Å². The normalized spacial score (nSPS) is 11.9. The number of aryl methyl sites for hydroxylation is 2. The largest absolute Gasteiger partial charge is 0.469 e. The highest BCUT2D eigenvalue weighted by Gasteiger charge is 2.24. The van der Waals surface area contributed by atoms with Crippen LogP contribution in [-0.2, 0) is 9.53 Å². The van der Waals surface area contributed by atoms with Crippen LogP contribution in [-0.4, -0.2) is 53.7 Å². The molecule has 0 saturated carbocycles. The van der Waals surface area contributed by atoms with Gasteiger partial charge >= 0.3 is 5.97 Å². The molecule has 0 radical (unpaired) electrons. The molecule has 0 saturated heterocycles. The van der Waals surface area contributed by atoms with E-state index in [2.05, 4.69) is 14.7 Å². The number of thioether (sulfide) groups is 1. The minimum Gasteiger partial charge on any atom is -0.469 e. The van der Waals surface area contributed by atoms with Gasteiger partial charge < -0.3 is 9.64 Å². The van der Waals surface area contributed by atoms with Gasteiger partial charge in [-0.3, -0.25) is 9.59 Å². The van der Waals surface area contributed by atoms with E-state index in [0.717, 1.165) is 0 Å². The molecule has 0 aromatic carbocycles. The van der Waals surface area contributed by atoms with Gasteiger partial charge in [0, 0.05) is 13.6 Å². The van der Waals surface area contributed by atoms with Crippen LogP contribution in [0.5, 0.6) is 0 Å².